The first kappa shape index (κ1) is 35.1. The fourth-order valence-corrected chi connectivity index (χ4v) is 2.36. The lowest BCUT2D eigenvalue weighted by Crippen LogP contribution is -2.32. The Labute approximate surface area is 239 Å². The molecule has 212 valence electrons. The van der Waals surface area contributed by atoms with Crippen LogP contribution in [0, 0.1) is 0 Å². The van der Waals surface area contributed by atoms with Gasteiger partial charge >= 0.3 is 0 Å². The maximum absolute atomic E-state index is 10.1. The molecule has 2 aromatic rings. The van der Waals surface area contributed by atoms with Gasteiger partial charge in [0.05, 0.1) is 24.5 Å². The third-order valence-corrected chi connectivity index (χ3v) is 4.63. The topological polar surface area (TPSA) is 175 Å². The molecule has 0 amide bonds. The van der Waals surface area contributed by atoms with E-state index in [1.54, 1.807) is 30.3 Å². The van der Waals surface area contributed by atoms with E-state index in [0.29, 0.717) is 28.8 Å². The van der Waals surface area contributed by atoms with Gasteiger partial charge in [0.25, 0.3) is 0 Å². The Morgan fingerprint density at radius 3 is 1.69 bits per heavy atom. The fraction of sp³-hybridized carbons (Fsp3) is 0.231. The second kappa shape index (κ2) is 22.1. The van der Waals surface area contributed by atoms with Crippen LogP contribution in [0.5, 0.6) is 0 Å². The monoisotopic (exact) mass is 578 g/mol. The number of hydroxylamine groups is 2. The van der Waals surface area contributed by atoms with Gasteiger partial charge in [-0.2, -0.15) is 5.10 Å². The molecule has 2 rings (SSSR count). The lowest BCUT2D eigenvalue weighted by Gasteiger charge is -2.02. The number of aldehydes is 1. The summed E-state index contributed by atoms with van der Waals surface area (Å²) in [5.41, 5.74) is 19.2. The zero-order valence-electron chi connectivity index (χ0n) is 22.4. The number of guanidine groups is 2. The smallest absolute Gasteiger partial charge is 0.237 e. The largest absolute Gasteiger partial charge is 0.367 e. The second-order valence-corrected chi connectivity index (χ2v) is 8.61. The van der Waals surface area contributed by atoms with Crippen molar-refractivity contribution < 1.29 is 14.5 Å². The molecule has 0 spiro atoms. The van der Waals surface area contributed by atoms with Crippen molar-refractivity contribution in [1.82, 2.24) is 11.0 Å². The summed E-state index contributed by atoms with van der Waals surface area (Å²) < 4.78 is 0. The van der Waals surface area contributed by atoms with Crippen molar-refractivity contribution >= 4 is 47.6 Å². The molecule has 0 saturated carbocycles. The quantitative estimate of drug-likeness (QED) is 0.0556. The standard InChI is InChI=1S/C13H17ClN4O.C7H5ClO.C6H14N4O/c1-10(2)7-8-19-18-13(15)17-16-9-11-5-3-4-6-12(11)14;8-7-4-2-1-3-6(7)5-9;1-5(2)3-4-11-10-6(7)9-8/h3-7,9H,8H2,1-2H3,(H3,15,17,18);1-5H;3H,4,8H2,1-2H3,(H3,7,9,10)/b16-9+;;. The highest BCUT2D eigenvalue weighted by atomic mass is 35.5. The van der Waals surface area contributed by atoms with E-state index in [1.807, 2.05) is 58.0 Å². The number of hydrogen-bond acceptors (Lipinski definition) is 7. The first-order chi connectivity index (χ1) is 18.6. The average molecular weight is 580 g/mol. The van der Waals surface area contributed by atoms with E-state index < -0.39 is 0 Å². The third-order valence-electron chi connectivity index (χ3n) is 3.94. The van der Waals surface area contributed by atoms with Crippen LogP contribution in [0.2, 0.25) is 10.0 Å². The van der Waals surface area contributed by atoms with Gasteiger partial charge in [-0.05, 0) is 39.8 Å². The molecule has 0 radical (unpaired) electrons. The predicted octanol–water partition coefficient (Wildman–Crippen LogP) is 4.29. The molecule has 0 heterocycles. The van der Waals surface area contributed by atoms with E-state index in [4.69, 9.17) is 50.2 Å². The Bertz CT molecular complexity index is 1140. The third kappa shape index (κ3) is 19.8. The maximum Gasteiger partial charge on any atom is 0.237 e. The summed E-state index contributed by atoms with van der Waals surface area (Å²) in [5, 5.41) is 11.8. The van der Waals surface area contributed by atoms with Gasteiger partial charge < -0.3 is 17.3 Å². The molecule has 0 atom stereocenters. The van der Waals surface area contributed by atoms with Gasteiger partial charge in [0.1, 0.15) is 0 Å². The molecule has 0 saturated heterocycles. The SMILES string of the molecule is CC(C)=CCONC(N)=N/N=C/c1ccccc1Cl.CC(C)=CCONC(N)=NN.O=Cc1ccccc1Cl. The number of nitrogens with one attached hydrogen (secondary N) is 2. The molecule has 8 N–H and O–H groups in total. The van der Waals surface area contributed by atoms with Crippen molar-refractivity contribution in [2.45, 2.75) is 27.7 Å². The zero-order chi connectivity index (χ0) is 29.5. The van der Waals surface area contributed by atoms with E-state index in [-0.39, 0.29) is 11.9 Å². The van der Waals surface area contributed by atoms with Gasteiger partial charge in [0.2, 0.25) is 11.9 Å². The van der Waals surface area contributed by atoms with Gasteiger partial charge in [-0.15, -0.1) is 10.2 Å². The van der Waals surface area contributed by atoms with Gasteiger partial charge in [-0.1, -0.05) is 82.9 Å². The van der Waals surface area contributed by atoms with Crippen LogP contribution in [0.4, 0.5) is 0 Å². The van der Waals surface area contributed by atoms with Crippen LogP contribution in [0.25, 0.3) is 0 Å². The van der Waals surface area contributed by atoms with E-state index in [9.17, 15) is 4.79 Å². The van der Waals surface area contributed by atoms with Crippen molar-refractivity contribution in [3.63, 3.8) is 0 Å². The van der Waals surface area contributed by atoms with Crippen molar-refractivity contribution in [3.05, 3.63) is 93.0 Å². The minimum absolute atomic E-state index is 0.0622. The molecule has 0 aliphatic rings. The molecule has 0 aliphatic heterocycles. The second-order valence-electron chi connectivity index (χ2n) is 7.79. The van der Waals surface area contributed by atoms with Gasteiger partial charge in [-0.25, -0.2) is 11.0 Å². The van der Waals surface area contributed by atoms with Gasteiger partial charge in [0, 0.05) is 16.1 Å². The van der Waals surface area contributed by atoms with Crippen LogP contribution in [0.15, 0.2) is 87.1 Å². The number of carbonyl (C=O) groups excluding carboxylic acids is 1. The Balaban J connectivity index is 0.000000611. The van der Waals surface area contributed by atoms with Gasteiger partial charge in [-0.3, -0.25) is 14.5 Å². The molecule has 0 aliphatic carbocycles. The summed E-state index contributed by atoms with van der Waals surface area (Å²) in [5.74, 6) is 4.96. The summed E-state index contributed by atoms with van der Waals surface area (Å²) in [6, 6.07) is 14.2. The number of rotatable bonds is 9. The number of hydrogen-bond donors (Lipinski definition) is 5. The number of nitrogens with two attached hydrogens (primary N) is 3. The lowest BCUT2D eigenvalue weighted by molar-refractivity contribution is 0.109. The Kier molecular flexibility index (Phi) is 19.9. The summed E-state index contributed by atoms with van der Waals surface area (Å²) in [6.45, 7) is 8.77. The molecular weight excluding hydrogens is 543 g/mol. The van der Waals surface area contributed by atoms with Gasteiger partial charge in [0.15, 0.2) is 6.29 Å². The lowest BCUT2D eigenvalue weighted by atomic mass is 10.2. The Morgan fingerprint density at radius 1 is 0.821 bits per heavy atom. The molecular formula is C26H36Cl2N8O3. The number of benzene rings is 2. The maximum atomic E-state index is 10.1. The minimum atomic E-state index is 0.0622. The molecule has 0 aromatic heterocycles. The number of allylic oxidation sites excluding steroid dienone is 2. The van der Waals surface area contributed by atoms with Crippen LogP contribution >= 0.6 is 23.2 Å². The molecule has 39 heavy (non-hydrogen) atoms. The van der Waals surface area contributed by atoms with Crippen molar-refractivity contribution in [3.8, 4) is 0 Å². The summed E-state index contributed by atoms with van der Waals surface area (Å²) in [6.07, 6.45) is 6.07. The normalized spacial score (nSPS) is 10.8. The molecule has 13 heteroatoms. The van der Waals surface area contributed by atoms with E-state index >= 15 is 0 Å². The van der Waals surface area contributed by atoms with E-state index in [1.165, 1.54) is 11.8 Å². The van der Waals surface area contributed by atoms with Crippen LogP contribution < -0.4 is 28.3 Å². The minimum Gasteiger partial charge on any atom is -0.367 e. The highest BCUT2D eigenvalue weighted by Crippen LogP contribution is 2.12. The average Bonchev–Trinajstić information content (AvgIpc) is 2.91. The number of nitrogens with zero attached hydrogens (tertiary/aromatic N) is 3. The van der Waals surface area contributed by atoms with Crippen LogP contribution in [0.1, 0.15) is 43.6 Å². The van der Waals surface area contributed by atoms with Crippen LogP contribution in [0.3, 0.4) is 0 Å². The number of hydrazone groups is 1. The molecule has 2 aromatic carbocycles. The first-order valence-electron chi connectivity index (χ1n) is 11.5. The highest BCUT2D eigenvalue weighted by molar-refractivity contribution is 6.33. The molecule has 0 unspecified atom stereocenters. The van der Waals surface area contributed by atoms with E-state index in [2.05, 4.69) is 26.3 Å². The highest BCUT2D eigenvalue weighted by Gasteiger charge is 1.94. The Morgan fingerprint density at radius 2 is 1.28 bits per heavy atom. The number of halogens is 2. The molecule has 0 bridgehead atoms. The predicted molar refractivity (Wildman–Crippen MR) is 160 cm³/mol. The van der Waals surface area contributed by atoms with Crippen LogP contribution in [-0.4, -0.2) is 37.6 Å². The first-order valence-corrected chi connectivity index (χ1v) is 12.2. The van der Waals surface area contributed by atoms with E-state index in [0.717, 1.165) is 17.4 Å². The van der Waals surface area contributed by atoms with Crippen molar-refractivity contribution in [1.29, 1.82) is 0 Å². The Hall–Kier alpha value is -3.90. The number of carbonyl (C=O) groups is 1. The molecule has 11 nitrogen and oxygen atoms in total. The van der Waals surface area contributed by atoms with Crippen molar-refractivity contribution in [2.75, 3.05) is 13.2 Å². The summed E-state index contributed by atoms with van der Waals surface area (Å²) >= 11 is 11.5. The summed E-state index contributed by atoms with van der Waals surface area (Å²) in [4.78, 5) is 20.0. The fourth-order valence-electron chi connectivity index (χ4n) is 2.00. The zero-order valence-corrected chi connectivity index (χ0v) is 23.9. The van der Waals surface area contributed by atoms with Crippen molar-refractivity contribution in [2.24, 2.45) is 32.6 Å². The summed E-state index contributed by atoms with van der Waals surface area (Å²) in [7, 11) is 0. The molecule has 0 fully saturated rings. The van der Waals surface area contributed by atoms with Crippen LogP contribution in [-0.2, 0) is 9.68 Å².